The van der Waals surface area contributed by atoms with Gasteiger partial charge in [0, 0.05) is 19.3 Å². The van der Waals surface area contributed by atoms with Gasteiger partial charge in [-0.2, -0.15) is 0 Å². The summed E-state index contributed by atoms with van der Waals surface area (Å²) in [5, 5.41) is 21.6. The van der Waals surface area contributed by atoms with Gasteiger partial charge in [0.05, 0.1) is 12.7 Å². The zero-order valence-electron chi connectivity index (χ0n) is 21.8. The molecule has 3 aliphatic rings. The third-order valence-corrected chi connectivity index (χ3v) is 7.70. The van der Waals surface area contributed by atoms with Crippen LogP contribution in [0.15, 0.2) is 47.1 Å². The lowest BCUT2D eigenvalue weighted by Crippen LogP contribution is -2.42. The Labute approximate surface area is 205 Å². The van der Waals surface area contributed by atoms with Crippen molar-refractivity contribution < 1.29 is 24.5 Å². The van der Waals surface area contributed by atoms with Crippen LogP contribution in [0.4, 0.5) is 0 Å². The van der Waals surface area contributed by atoms with Crippen LogP contribution in [0, 0.1) is 11.3 Å². The monoisotopic (exact) mass is 472 g/mol. The maximum Gasteiger partial charge on any atom is 0.306 e. The number of carbonyl (C=O) groups is 1. The smallest absolute Gasteiger partial charge is 0.306 e. The van der Waals surface area contributed by atoms with E-state index in [1.165, 1.54) is 18.4 Å². The summed E-state index contributed by atoms with van der Waals surface area (Å²) in [6.45, 7) is 14.5. The first kappa shape index (κ1) is 26.9. The van der Waals surface area contributed by atoms with E-state index in [1.54, 1.807) is 5.57 Å². The Morgan fingerprint density at radius 1 is 1.32 bits per heavy atom. The standard InChI is InChI=1S/C29H44O5/c1-7-23-14-15-24-21(10-8-16-28(23,24)6)12-13-22-18-29(32,19-25(30)20(22)2)33-17-9-11-26(31)34-27(3,4)5/h12-14,24-25,30,32H,2,7-11,15-19H2,1,3-6H3/t24-,25?,28+,29-/m0/s1. The molecule has 0 amide bonds. The molecule has 0 spiro atoms. The molecule has 0 aliphatic heterocycles. The molecule has 190 valence electrons. The van der Waals surface area contributed by atoms with Crippen LogP contribution in [0.1, 0.15) is 92.4 Å². The maximum absolute atomic E-state index is 11.9. The summed E-state index contributed by atoms with van der Waals surface area (Å²) in [6.07, 6.45) is 12.6. The Hall–Kier alpha value is -1.69. The number of aliphatic hydroxyl groups is 2. The molecule has 3 aliphatic carbocycles. The van der Waals surface area contributed by atoms with Crippen LogP contribution in [0.5, 0.6) is 0 Å². The largest absolute Gasteiger partial charge is 0.460 e. The molecule has 4 atom stereocenters. The second-order valence-corrected chi connectivity index (χ2v) is 11.5. The molecule has 0 heterocycles. The van der Waals surface area contributed by atoms with E-state index in [9.17, 15) is 15.0 Å². The van der Waals surface area contributed by atoms with Crippen LogP contribution in [0.25, 0.3) is 0 Å². The molecular weight excluding hydrogens is 428 g/mol. The molecule has 2 N–H and O–H groups in total. The number of aliphatic hydroxyl groups excluding tert-OH is 1. The van der Waals surface area contributed by atoms with Crippen molar-refractivity contribution in [3.8, 4) is 0 Å². The Kier molecular flexibility index (Phi) is 8.32. The highest BCUT2D eigenvalue weighted by Gasteiger charge is 2.44. The highest BCUT2D eigenvalue weighted by molar-refractivity contribution is 5.69. The van der Waals surface area contributed by atoms with Crippen molar-refractivity contribution in [3.63, 3.8) is 0 Å². The average molecular weight is 473 g/mol. The van der Waals surface area contributed by atoms with Crippen molar-refractivity contribution in [2.45, 2.75) is 110 Å². The van der Waals surface area contributed by atoms with E-state index >= 15 is 0 Å². The number of fused-ring (bicyclic) bond motifs is 1. The third kappa shape index (κ3) is 6.30. The van der Waals surface area contributed by atoms with Gasteiger partial charge in [-0.25, -0.2) is 0 Å². The van der Waals surface area contributed by atoms with Gasteiger partial charge in [0.1, 0.15) is 5.60 Å². The fourth-order valence-electron chi connectivity index (χ4n) is 5.93. The number of esters is 1. The summed E-state index contributed by atoms with van der Waals surface area (Å²) in [5.74, 6) is -1.21. The lowest BCUT2D eigenvalue weighted by Gasteiger charge is -2.41. The Morgan fingerprint density at radius 3 is 2.74 bits per heavy atom. The molecule has 5 heteroatoms. The maximum atomic E-state index is 11.9. The van der Waals surface area contributed by atoms with E-state index in [-0.39, 0.29) is 37.3 Å². The summed E-state index contributed by atoms with van der Waals surface area (Å²) in [4.78, 5) is 11.9. The van der Waals surface area contributed by atoms with Gasteiger partial charge >= 0.3 is 5.97 Å². The van der Waals surface area contributed by atoms with Crippen molar-refractivity contribution in [1.82, 2.24) is 0 Å². The third-order valence-electron chi connectivity index (χ3n) is 7.70. The molecule has 0 aromatic rings. The summed E-state index contributed by atoms with van der Waals surface area (Å²) < 4.78 is 11.1. The van der Waals surface area contributed by atoms with Crippen LogP contribution in [0.3, 0.4) is 0 Å². The number of rotatable bonds is 7. The molecule has 0 aromatic carbocycles. The predicted octanol–water partition coefficient (Wildman–Crippen LogP) is 5.92. The van der Waals surface area contributed by atoms with E-state index in [0.29, 0.717) is 17.9 Å². The van der Waals surface area contributed by atoms with Crippen molar-refractivity contribution >= 4 is 5.97 Å². The van der Waals surface area contributed by atoms with Crippen molar-refractivity contribution in [1.29, 1.82) is 0 Å². The zero-order valence-corrected chi connectivity index (χ0v) is 21.8. The lowest BCUT2D eigenvalue weighted by atomic mass is 9.64. The molecule has 3 rings (SSSR count). The van der Waals surface area contributed by atoms with Crippen molar-refractivity contribution in [2.24, 2.45) is 11.3 Å². The fourth-order valence-corrected chi connectivity index (χ4v) is 5.93. The van der Waals surface area contributed by atoms with Crippen LogP contribution < -0.4 is 0 Å². The fraction of sp³-hybridized carbons (Fsp3) is 0.690. The predicted molar refractivity (Wildman–Crippen MR) is 135 cm³/mol. The van der Waals surface area contributed by atoms with Gasteiger partial charge in [-0.05, 0) is 81.8 Å². The second kappa shape index (κ2) is 10.5. The van der Waals surface area contributed by atoms with E-state index in [2.05, 4.69) is 32.6 Å². The lowest BCUT2D eigenvalue weighted by molar-refractivity contribution is -0.221. The molecule has 2 fully saturated rings. The number of hydrogen-bond donors (Lipinski definition) is 2. The number of allylic oxidation sites excluding steroid dienone is 5. The molecule has 0 bridgehead atoms. The molecular formula is C29H44O5. The Morgan fingerprint density at radius 2 is 2.06 bits per heavy atom. The van der Waals surface area contributed by atoms with Crippen molar-refractivity contribution in [2.75, 3.05) is 6.61 Å². The summed E-state index contributed by atoms with van der Waals surface area (Å²) in [6, 6.07) is 0. The van der Waals surface area contributed by atoms with Gasteiger partial charge in [0.25, 0.3) is 0 Å². The first-order valence-corrected chi connectivity index (χ1v) is 12.9. The minimum atomic E-state index is -1.47. The van der Waals surface area contributed by atoms with Gasteiger partial charge in [-0.3, -0.25) is 4.79 Å². The van der Waals surface area contributed by atoms with Gasteiger partial charge in [-0.15, -0.1) is 0 Å². The highest BCUT2D eigenvalue weighted by atomic mass is 16.6. The Bertz CT molecular complexity index is 873. The summed E-state index contributed by atoms with van der Waals surface area (Å²) in [7, 11) is 0. The molecule has 0 saturated heterocycles. The first-order valence-electron chi connectivity index (χ1n) is 12.9. The van der Waals surface area contributed by atoms with E-state index in [0.717, 1.165) is 24.8 Å². The van der Waals surface area contributed by atoms with Crippen LogP contribution in [-0.2, 0) is 14.3 Å². The molecule has 5 nitrogen and oxygen atoms in total. The minimum absolute atomic E-state index is 0.0800. The minimum Gasteiger partial charge on any atom is -0.460 e. The normalized spacial score (nSPS) is 34.3. The van der Waals surface area contributed by atoms with Crippen LogP contribution in [0.2, 0.25) is 0 Å². The van der Waals surface area contributed by atoms with E-state index in [1.807, 2.05) is 26.8 Å². The molecule has 2 saturated carbocycles. The number of hydrogen-bond acceptors (Lipinski definition) is 5. The first-order chi connectivity index (χ1) is 15.9. The SMILES string of the molecule is C=C1C(=CC=C2CCC[C@]3(C)C(CC)=CC[C@@H]23)C[C@](O)(OCCCC(=O)OC(C)(C)C)CC1O. The molecule has 1 unspecified atom stereocenters. The Balaban J connectivity index is 1.63. The van der Waals surface area contributed by atoms with Gasteiger partial charge in [0.15, 0.2) is 5.79 Å². The van der Waals surface area contributed by atoms with E-state index in [4.69, 9.17) is 9.47 Å². The van der Waals surface area contributed by atoms with Crippen LogP contribution in [-0.4, -0.2) is 40.3 Å². The van der Waals surface area contributed by atoms with Crippen molar-refractivity contribution in [3.05, 3.63) is 47.1 Å². The molecule has 34 heavy (non-hydrogen) atoms. The number of ether oxygens (including phenoxy) is 2. The van der Waals surface area contributed by atoms with Crippen LogP contribution >= 0.6 is 0 Å². The highest BCUT2D eigenvalue weighted by Crippen LogP contribution is 2.55. The van der Waals surface area contributed by atoms with Gasteiger partial charge in [0.2, 0.25) is 0 Å². The summed E-state index contributed by atoms with van der Waals surface area (Å²) >= 11 is 0. The van der Waals surface area contributed by atoms with E-state index < -0.39 is 17.5 Å². The second-order valence-electron chi connectivity index (χ2n) is 11.5. The quantitative estimate of drug-likeness (QED) is 0.208. The number of carbonyl (C=O) groups excluding carboxylic acids is 1. The van der Waals surface area contributed by atoms with Gasteiger partial charge < -0.3 is 19.7 Å². The average Bonchev–Trinajstić information content (AvgIpc) is 3.08. The van der Waals surface area contributed by atoms with Gasteiger partial charge in [-0.1, -0.05) is 49.8 Å². The zero-order chi connectivity index (χ0) is 25.1. The molecule has 0 aromatic heterocycles. The molecule has 0 radical (unpaired) electrons. The summed E-state index contributed by atoms with van der Waals surface area (Å²) in [5.41, 5.74) is 4.27. The topological polar surface area (TPSA) is 76.0 Å².